The molecule has 0 aliphatic carbocycles. The van der Waals surface area contributed by atoms with Crippen LogP contribution in [0.25, 0.3) is 0 Å². The third kappa shape index (κ3) is 2.70. The van der Waals surface area contributed by atoms with Gasteiger partial charge in [0.25, 0.3) is 5.92 Å². The highest BCUT2D eigenvalue weighted by Crippen LogP contribution is 2.21. The van der Waals surface area contributed by atoms with E-state index in [1.54, 1.807) is 0 Å². The van der Waals surface area contributed by atoms with E-state index >= 15 is 0 Å². The van der Waals surface area contributed by atoms with E-state index in [4.69, 9.17) is 0 Å². The minimum Gasteiger partial charge on any atom is -0.275 e. The minimum atomic E-state index is -3.26. The molecular formula is C5H10F3N. The third-order valence-corrected chi connectivity index (χ3v) is 0.872. The highest BCUT2D eigenvalue weighted by atomic mass is 19.3. The van der Waals surface area contributed by atoms with Crippen LogP contribution in [-0.2, 0) is 0 Å². The molecule has 0 aliphatic rings. The highest BCUT2D eigenvalue weighted by Gasteiger charge is 2.35. The maximum atomic E-state index is 12.2. The second-order valence-corrected chi connectivity index (χ2v) is 2.26. The summed E-state index contributed by atoms with van der Waals surface area (Å²) in [5, 5.41) is 0. The molecule has 0 bridgehead atoms. The van der Waals surface area contributed by atoms with E-state index in [1.165, 1.54) is 14.1 Å². The summed E-state index contributed by atoms with van der Waals surface area (Å²) in [7, 11) is 2.53. The lowest BCUT2D eigenvalue weighted by Gasteiger charge is -2.21. The summed E-state index contributed by atoms with van der Waals surface area (Å²) in [5.41, 5.74) is 0. The summed E-state index contributed by atoms with van der Waals surface area (Å²) >= 11 is 0. The first kappa shape index (κ1) is 8.75. The lowest BCUT2D eigenvalue weighted by atomic mass is 10.3. The highest BCUT2D eigenvalue weighted by molar-refractivity contribution is 4.67. The van der Waals surface area contributed by atoms with Crippen LogP contribution in [0.4, 0.5) is 13.2 Å². The van der Waals surface area contributed by atoms with Crippen molar-refractivity contribution >= 4 is 0 Å². The van der Waals surface area contributed by atoms with Crippen LogP contribution in [0.5, 0.6) is 0 Å². The maximum absolute atomic E-state index is 12.2. The van der Waals surface area contributed by atoms with Crippen LogP contribution in [-0.4, -0.2) is 31.2 Å². The van der Waals surface area contributed by atoms with Crippen LogP contribution in [0.3, 0.4) is 0 Å². The Bertz CT molecular complexity index is 86.7. The van der Waals surface area contributed by atoms with Crippen LogP contribution in [0, 0.1) is 0 Å². The summed E-state index contributed by atoms with van der Waals surface area (Å²) < 4.78 is 36.1. The van der Waals surface area contributed by atoms with Crippen molar-refractivity contribution in [2.75, 3.05) is 14.1 Å². The Hall–Kier alpha value is -0.250. The molecule has 0 rings (SSSR count). The quantitative estimate of drug-likeness (QED) is 0.527. The van der Waals surface area contributed by atoms with Crippen molar-refractivity contribution in [3.8, 4) is 0 Å². The number of halogens is 3. The smallest absolute Gasteiger partial charge is 0.275 e. The monoisotopic (exact) mass is 141 g/mol. The molecule has 9 heavy (non-hydrogen) atoms. The molecule has 0 amide bonds. The Balaban J connectivity index is 3.88. The molecule has 1 atom stereocenters. The molecule has 0 aromatic heterocycles. The van der Waals surface area contributed by atoms with Gasteiger partial charge in [0, 0.05) is 6.92 Å². The van der Waals surface area contributed by atoms with Gasteiger partial charge in [-0.2, -0.15) is 0 Å². The van der Waals surface area contributed by atoms with E-state index in [2.05, 4.69) is 0 Å². The molecule has 1 nitrogen and oxygen atoms in total. The summed E-state index contributed by atoms with van der Waals surface area (Å²) in [4.78, 5) is 0.833. The van der Waals surface area contributed by atoms with Gasteiger partial charge in [0.2, 0.25) is 6.30 Å². The molecule has 4 heteroatoms. The Morgan fingerprint density at radius 3 is 1.67 bits per heavy atom. The average Bonchev–Trinajstić information content (AvgIpc) is 1.62. The normalized spacial score (nSPS) is 16.3. The summed E-state index contributed by atoms with van der Waals surface area (Å²) in [6.45, 7) is 0.553. The molecule has 0 saturated heterocycles. The summed E-state index contributed by atoms with van der Waals surface area (Å²) in [6.07, 6.45) is -2.18. The number of hydrogen-bond donors (Lipinski definition) is 0. The van der Waals surface area contributed by atoms with Gasteiger partial charge < -0.3 is 0 Å². The fourth-order valence-electron chi connectivity index (χ4n) is 0.453. The zero-order chi connectivity index (χ0) is 7.65. The zero-order valence-electron chi connectivity index (χ0n) is 5.66. The van der Waals surface area contributed by atoms with Gasteiger partial charge in [0.15, 0.2) is 0 Å². The second kappa shape index (κ2) is 2.56. The van der Waals surface area contributed by atoms with Gasteiger partial charge in [-0.3, -0.25) is 4.90 Å². The van der Waals surface area contributed by atoms with E-state index in [-0.39, 0.29) is 0 Å². The van der Waals surface area contributed by atoms with Crippen molar-refractivity contribution in [3.63, 3.8) is 0 Å². The Kier molecular flexibility index (Phi) is 2.49. The molecule has 0 spiro atoms. The van der Waals surface area contributed by atoms with Gasteiger partial charge in [-0.15, -0.1) is 0 Å². The lowest BCUT2D eigenvalue weighted by molar-refractivity contribution is -0.110. The third-order valence-electron chi connectivity index (χ3n) is 0.872. The molecule has 0 saturated carbocycles. The molecular weight excluding hydrogens is 131 g/mol. The van der Waals surface area contributed by atoms with Crippen LogP contribution in [0.1, 0.15) is 6.92 Å². The van der Waals surface area contributed by atoms with E-state index in [1.807, 2.05) is 0 Å². The van der Waals surface area contributed by atoms with E-state index in [0.29, 0.717) is 6.92 Å². The fraction of sp³-hybridized carbons (Fsp3) is 1.00. The Morgan fingerprint density at radius 1 is 1.33 bits per heavy atom. The number of alkyl halides is 3. The van der Waals surface area contributed by atoms with Crippen LogP contribution in [0.15, 0.2) is 0 Å². The van der Waals surface area contributed by atoms with Gasteiger partial charge in [0.1, 0.15) is 0 Å². The predicted molar refractivity (Wildman–Crippen MR) is 29.2 cm³/mol. The molecule has 0 aromatic rings. The second-order valence-electron chi connectivity index (χ2n) is 2.26. The SMILES string of the molecule is CN(C)C(F)C(C)(F)F. The van der Waals surface area contributed by atoms with Gasteiger partial charge in [-0.25, -0.2) is 13.2 Å². The van der Waals surface area contributed by atoms with Crippen molar-refractivity contribution in [3.05, 3.63) is 0 Å². The molecule has 0 radical (unpaired) electrons. The fourth-order valence-corrected chi connectivity index (χ4v) is 0.453. The number of rotatable bonds is 2. The number of hydrogen-bond acceptors (Lipinski definition) is 1. The van der Waals surface area contributed by atoms with E-state index < -0.39 is 12.2 Å². The van der Waals surface area contributed by atoms with E-state index in [0.717, 1.165) is 4.90 Å². The van der Waals surface area contributed by atoms with Gasteiger partial charge in [0.05, 0.1) is 0 Å². The average molecular weight is 141 g/mol. The first-order valence-electron chi connectivity index (χ1n) is 2.54. The van der Waals surface area contributed by atoms with Crippen molar-refractivity contribution in [1.29, 1.82) is 0 Å². The van der Waals surface area contributed by atoms with Crippen LogP contribution >= 0.6 is 0 Å². The summed E-state index contributed by atoms with van der Waals surface area (Å²) in [6, 6.07) is 0. The van der Waals surface area contributed by atoms with Gasteiger partial charge in [-0.1, -0.05) is 0 Å². The van der Waals surface area contributed by atoms with Crippen molar-refractivity contribution in [2.24, 2.45) is 0 Å². The molecule has 56 valence electrons. The predicted octanol–water partition coefficient (Wildman–Crippen LogP) is 1.50. The van der Waals surface area contributed by atoms with Crippen LogP contribution < -0.4 is 0 Å². The molecule has 0 aliphatic heterocycles. The molecule has 0 aromatic carbocycles. The molecule has 1 unspecified atom stereocenters. The zero-order valence-corrected chi connectivity index (χ0v) is 5.66. The topological polar surface area (TPSA) is 3.24 Å². The van der Waals surface area contributed by atoms with Crippen LogP contribution in [0.2, 0.25) is 0 Å². The van der Waals surface area contributed by atoms with Crippen molar-refractivity contribution in [1.82, 2.24) is 4.90 Å². The molecule has 0 fully saturated rings. The largest absolute Gasteiger partial charge is 0.289 e. The number of nitrogens with zero attached hydrogens (tertiary/aromatic N) is 1. The minimum absolute atomic E-state index is 0.553. The van der Waals surface area contributed by atoms with Crippen molar-refractivity contribution < 1.29 is 13.2 Å². The maximum Gasteiger partial charge on any atom is 0.289 e. The molecule has 0 N–H and O–H groups in total. The summed E-state index contributed by atoms with van der Waals surface area (Å²) in [5.74, 6) is -3.26. The van der Waals surface area contributed by atoms with Gasteiger partial charge in [-0.05, 0) is 14.1 Å². The van der Waals surface area contributed by atoms with E-state index in [9.17, 15) is 13.2 Å². The Labute approximate surface area is 52.5 Å². The molecule has 0 heterocycles. The lowest BCUT2D eigenvalue weighted by Crippen LogP contribution is -2.38. The first-order chi connectivity index (χ1) is 3.85. The van der Waals surface area contributed by atoms with Gasteiger partial charge >= 0.3 is 0 Å². The Morgan fingerprint density at radius 2 is 1.67 bits per heavy atom. The standard InChI is InChI=1S/C5H10F3N/c1-5(7,8)4(6)9(2)3/h4H,1-3H3. The van der Waals surface area contributed by atoms with Crippen molar-refractivity contribution in [2.45, 2.75) is 19.1 Å². The first-order valence-corrected chi connectivity index (χ1v) is 2.54.